The summed E-state index contributed by atoms with van der Waals surface area (Å²) in [7, 11) is 0. The molecule has 19 heavy (non-hydrogen) atoms. The van der Waals surface area contributed by atoms with E-state index in [0.717, 1.165) is 25.2 Å². The van der Waals surface area contributed by atoms with E-state index in [0.29, 0.717) is 25.2 Å². The number of hydrogen-bond donors (Lipinski definition) is 1. The summed E-state index contributed by atoms with van der Waals surface area (Å²) in [6.07, 6.45) is 1.47. The van der Waals surface area contributed by atoms with Crippen molar-refractivity contribution in [2.45, 2.75) is 25.8 Å². The SMILES string of the molecule is CCC(N)Cc1ccc(N2CCOCC2)cc1F.Cl. The Hall–Kier alpha value is -0.840. The first-order valence-corrected chi connectivity index (χ1v) is 6.57. The molecule has 5 heteroatoms. The fourth-order valence-corrected chi connectivity index (χ4v) is 2.15. The minimum absolute atomic E-state index is 0. The Labute approximate surface area is 120 Å². The number of nitrogens with two attached hydrogens (primary N) is 1. The van der Waals surface area contributed by atoms with Crippen LogP contribution in [0.25, 0.3) is 0 Å². The second kappa shape index (κ2) is 7.68. The molecule has 1 unspecified atom stereocenters. The highest BCUT2D eigenvalue weighted by atomic mass is 35.5. The van der Waals surface area contributed by atoms with Gasteiger partial charge in [0.15, 0.2) is 0 Å². The van der Waals surface area contributed by atoms with Crippen LogP contribution in [0.15, 0.2) is 18.2 Å². The number of rotatable bonds is 4. The molecule has 2 N–H and O–H groups in total. The van der Waals surface area contributed by atoms with E-state index in [4.69, 9.17) is 10.5 Å². The van der Waals surface area contributed by atoms with Crippen LogP contribution in [0.3, 0.4) is 0 Å². The summed E-state index contributed by atoms with van der Waals surface area (Å²) < 4.78 is 19.3. The average molecular weight is 289 g/mol. The first-order valence-electron chi connectivity index (χ1n) is 6.57. The Kier molecular flexibility index (Phi) is 6.55. The zero-order chi connectivity index (χ0) is 13.0. The van der Waals surface area contributed by atoms with Crippen molar-refractivity contribution in [2.24, 2.45) is 5.73 Å². The summed E-state index contributed by atoms with van der Waals surface area (Å²) in [5, 5.41) is 0. The zero-order valence-corrected chi connectivity index (χ0v) is 12.1. The van der Waals surface area contributed by atoms with Crippen LogP contribution < -0.4 is 10.6 Å². The molecule has 1 aromatic rings. The number of morpholine rings is 1. The standard InChI is InChI=1S/C14H21FN2O.ClH/c1-2-12(16)9-11-3-4-13(10-14(11)15)17-5-7-18-8-6-17;/h3-4,10,12H,2,5-9,16H2,1H3;1H. The smallest absolute Gasteiger partial charge is 0.128 e. The quantitative estimate of drug-likeness (QED) is 0.924. The summed E-state index contributed by atoms with van der Waals surface area (Å²) in [4.78, 5) is 2.15. The maximum Gasteiger partial charge on any atom is 0.128 e. The van der Waals surface area contributed by atoms with Crippen LogP contribution in [0.4, 0.5) is 10.1 Å². The lowest BCUT2D eigenvalue weighted by atomic mass is 10.0. The largest absolute Gasteiger partial charge is 0.378 e. The van der Waals surface area contributed by atoms with Gasteiger partial charge in [0, 0.05) is 24.8 Å². The molecule has 0 amide bonds. The Morgan fingerprint density at radius 3 is 2.63 bits per heavy atom. The third kappa shape index (κ3) is 4.34. The number of halogens is 2. The van der Waals surface area contributed by atoms with Gasteiger partial charge in [-0.05, 0) is 30.5 Å². The second-order valence-corrected chi connectivity index (χ2v) is 4.75. The molecule has 0 bridgehead atoms. The molecule has 1 aliphatic heterocycles. The lowest BCUT2D eigenvalue weighted by Gasteiger charge is -2.29. The van der Waals surface area contributed by atoms with Crippen molar-refractivity contribution in [3.8, 4) is 0 Å². The van der Waals surface area contributed by atoms with Gasteiger partial charge in [-0.3, -0.25) is 0 Å². The maximum absolute atomic E-state index is 14.0. The van der Waals surface area contributed by atoms with Crippen LogP contribution in [-0.2, 0) is 11.2 Å². The van der Waals surface area contributed by atoms with Gasteiger partial charge in [-0.25, -0.2) is 4.39 Å². The van der Waals surface area contributed by atoms with Gasteiger partial charge in [-0.1, -0.05) is 13.0 Å². The van der Waals surface area contributed by atoms with E-state index < -0.39 is 0 Å². The summed E-state index contributed by atoms with van der Waals surface area (Å²) in [5.41, 5.74) is 7.51. The van der Waals surface area contributed by atoms with Crippen molar-refractivity contribution < 1.29 is 9.13 Å². The Morgan fingerprint density at radius 1 is 1.37 bits per heavy atom. The van der Waals surface area contributed by atoms with E-state index in [-0.39, 0.29) is 24.3 Å². The van der Waals surface area contributed by atoms with Gasteiger partial charge in [0.05, 0.1) is 13.2 Å². The van der Waals surface area contributed by atoms with Crippen molar-refractivity contribution in [3.05, 3.63) is 29.6 Å². The molecule has 1 saturated heterocycles. The van der Waals surface area contributed by atoms with Crippen molar-refractivity contribution in [2.75, 3.05) is 31.2 Å². The van der Waals surface area contributed by atoms with E-state index in [1.54, 1.807) is 6.07 Å². The van der Waals surface area contributed by atoms with Crippen LogP contribution in [0.1, 0.15) is 18.9 Å². The summed E-state index contributed by atoms with van der Waals surface area (Å²) >= 11 is 0. The average Bonchev–Trinajstić information content (AvgIpc) is 2.42. The lowest BCUT2D eigenvalue weighted by molar-refractivity contribution is 0.122. The van der Waals surface area contributed by atoms with Crippen molar-refractivity contribution >= 4 is 18.1 Å². The number of anilines is 1. The van der Waals surface area contributed by atoms with Crippen LogP contribution in [-0.4, -0.2) is 32.3 Å². The van der Waals surface area contributed by atoms with Gasteiger partial charge in [0.25, 0.3) is 0 Å². The second-order valence-electron chi connectivity index (χ2n) is 4.75. The number of benzene rings is 1. The Balaban J connectivity index is 0.00000180. The third-order valence-electron chi connectivity index (χ3n) is 3.42. The van der Waals surface area contributed by atoms with Gasteiger partial charge in [0.1, 0.15) is 5.82 Å². The minimum atomic E-state index is -0.150. The molecule has 0 saturated carbocycles. The zero-order valence-electron chi connectivity index (χ0n) is 11.3. The predicted octanol–water partition coefficient (Wildman–Crippen LogP) is 2.36. The Bertz CT molecular complexity index is 397. The van der Waals surface area contributed by atoms with E-state index in [1.807, 2.05) is 19.1 Å². The van der Waals surface area contributed by atoms with Crippen molar-refractivity contribution in [1.82, 2.24) is 0 Å². The monoisotopic (exact) mass is 288 g/mol. The summed E-state index contributed by atoms with van der Waals surface area (Å²) in [6, 6.07) is 5.49. The molecule has 3 nitrogen and oxygen atoms in total. The van der Waals surface area contributed by atoms with E-state index in [2.05, 4.69) is 4.90 Å². The maximum atomic E-state index is 14.0. The first-order chi connectivity index (χ1) is 8.70. The Morgan fingerprint density at radius 2 is 2.05 bits per heavy atom. The van der Waals surface area contributed by atoms with Gasteiger partial charge < -0.3 is 15.4 Å². The molecule has 1 fully saturated rings. The van der Waals surface area contributed by atoms with Gasteiger partial charge >= 0.3 is 0 Å². The van der Waals surface area contributed by atoms with E-state index >= 15 is 0 Å². The number of nitrogens with zero attached hydrogens (tertiary/aromatic N) is 1. The van der Waals surface area contributed by atoms with Gasteiger partial charge in [-0.15, -0.1) is 12.4 Å². The number of ether oxygens (including phenoxy) is 1. The van der Waals surface area contributed by atoms with Crippen molar-refractivity contribution in [1.29, 1.82) is 0 Å². The summed E-state index contributed by atoms with van der Waals surface area (Å²) in [5.74, 6) is -0.150. The highest BCUT2D eigenvalue weighted by Gasteiger charge is 2.14. The van der Waals surface area contributed by atoms with Crippen LogP contribution in [0, 0.1) is 5.82 Å². The minimum Gasteiger partial charge on any atom is -0.378 e. The highest BCUT2D eigenvalue weighted by molar-refractivity contribution is 5.85. The van der Waals surface area contributed by atoms with Crippen LogP contribution in [0.2, 0.25) is 0 Å². The molecule has 1 heterocycles. The molecule has 2 rings (SSSR count). The molecule has 1 atom stereocenters. The third-order valence-corrected chi connectivity index (χ3v) is 3.42. The lowest BCUT2D eigenvalue weighted by Crippen LogP contribution is -2.36. The molecule has 0 aliphatic carbocycles. The molecule has 0 radical (unpaired) electrons. The van der Waals surface area contributed by atoms with Crippen molar-refractivity contribution in [3.63, 3.8) is 0 Å². The predicted molar refractivity (Wildman–Crippen MR) is 78.7 cm³/mol. The topological polar surface area (TPSA) is 38.5 Å². The molecule has 1 aromatic carbocycles. The highest BCUT2D eigenvalue weighted by Crippen LogP contribution is 2.20. The molecule has 108 valence electrons. The fraction of sp³-hybridized carbons (Fsp3) is 0.571. The molecular weight excluding hydrogens is 267 g/mol. The number of hydrogen-bond acceptors (Lipinski definition) is 3. The molecule has 0 aromatic heterocycles. The van der Waals surface area contributed by atoms with Gasteiger partial charge in [0.2, 0.25) is 0 Å². The van der Waals surface area contributed by atoms with E-state index in [9.17, 15) is 4.39 Å². The summed E-state index contributed by atoms with van der Waals surface area (Å²) in [6.45, 7) is 5.10. The van der Waals surface area contributed by atoms with Crippen LogP contribution >= 0.6 is 12.4 Å². The van der Waals surface area contributed by atoms with Gasteiger partial charge in [-0.2, -0.15) is 0 Å². The molecule has 1 aliphatic rings. The van der Waals surface area contributed by atoms with Crippen LogP contribution in [0.5, 0.6) is 0 Å². The van der Waals surface area contributed by atoms with E-state index in [1.165, 1.54) is 0 Å². The normalized spacial score (nSPS) is 16.9. The molecule has 0 spiro atoms. The molecular formula is C14H22ClFN2O. The first kappa shape index (κ1) is 16.2. The fourth-order valence-electron chi connectivity index (χ4n) is 2.15.